The minimum Gasteiger partial charge on any atom is -0.497 e. The summed E-state index contributed by atoms with van der Waals surface area (Å²) in [5.41, 5.74) is 4.32. The van der Waals surface area contributed by atoms with Crippen LogP contribution in [0.25, 0.3) is 0 Å². The molecule has 0 bridgehead atoms. The summed E-state index contributed by atoms with van der Waals surface area (Å²) in [7, 11) is 3.12. The van der Waals surface area contributed by atoms with Crippen molar-refractivity contribution in [3.63, 3.8) is 0 Å². The number of fused-ring (bicyclic) bond motifs is 1. The number of hydrogen-bond acceptors (Lipinski definition) is 6. The normalized spacial score (nSPS) is 13.5. The highest BCUT2D eigenvalue weighted by Gasteiger charge is 2.26. The van der Waals surface area contributed by atoms with E-state index in [-0.39, 0.29) is 19.1 Å². The number of carbonyl (C=O) groups excluding carboxylic acids is 2. The van der Waals surface area contributed by atoms with Gasteiger partial charge in [0.2, 0.25) is 0 Å². The van der Waals surface area contributed by atoms with Gasteiger partial charge in [-0.25, -0.2) is 5.43 Å². The first kappa shape index (κ1) is 19.2. The van der Waals surface area contributed by atoms with E-state index in [0.717, 1.165) is 5.56 Å². The van der Waals surface area contributed by atoms with Crippen LogP contribution in [0.2, 0.25) is 0 Å². The van der Waals surface area contributed by atoms with Crippen LogP contribution in [0.4, 0.5) is 5.69 Å². The van der Waals surface area contributed by atoms with Crippen molar-refractivity contribution in [3.05, 3.63) is 48.0 Å². The van der Waals surface area contributed by atoms with Crippen LogP contribution in [0, 0.1) is 0 Å². The van der Waals surface area contributed by atoms with E-state index in [1.54, 1.807) is 57.5 Å². The van der Waals surface area contributed by atoms with Gasteiger partial charge in [0.05, 0.1) is 25.6 Å². The Hall–Kier alpha value is -3.55. The van der Waals surface area contributed by atoms with Crippen molar-refractivity contribution in [2.75, 3.05) is 32.3 Å². The molecular formula is C20H21N3O5. The van der Waals surface area contributed by atoms with Gasteiger partial charge in [0.25, 0.3) is 11.8 Å². The monoisotopic (exact) mass is 383 g/mol. The number of methoxy groups -OCH3 is 2. The van der Waals surface area contributed by atoms with Crippen LogP contribution >= 0.6 is 0 Å². The summed E-state index contributed by atoms with van der Waals surface area (Å²) < 4.78 is 15.9. The summed E-state index contributed by atoms with van der Waals surface area (Å²) in [4.78, 5) is 25.9. The Bertz CT molecular complexity index is 926. The molecule has 0 fully saturated rings. The summed E-state index contributed by atoms with van der Waals surface area (Å²) in [5.74, 6) is 1.09. The fourth-order valence-electron chi connectivity index (χ4n) is 2.81. The number of para-hydroxylation sites is 2. The van der Waals surface area contributed by atoms with Crippen molar-refractivity contribution < 1.29 is 23.8 Å². The average Bonchev–Trinajstić information content (AvgIpc) is 2.73. The van der Waals surface area contributed by atoms with E-state index in [0.29, 0.717) is 28.6 Å². The number of amides is 2. The van der Waals surface area contributed by atoms with Gasteiger partial charge in [-0.2, -0.15) is 5.10 Å². The zero-order valence-electron chi connectivity index (χ0n) is 15.9. The van der Waals surface area contributed by atoms with Crippen molar-refractivity contribution in [1.29, 1.82) is 0 Å². The Morgan fingerprint density at radius 3 is 2.75 bits per heavy atom. The summed E-state index contributed by atoms with van der Waals surface area (Å²) in [6.07, 6.45) is 0. The third kappa shape index (κ3) is 4.06. The van der Waals surface area contributed by atoms with E-state index in [4.69, 9.17) is 14.2 Å². The SMILES string of the molecule is COc1ccc(/C(C)=N\NC(=O)CN2C(=O)COc3ccccc32)c(OC)c1. The van der Waals surface area contributed by atoms with Crippen LogP contribution in [0.1, 0.15) is 12.5 Å². The average molecular weight is 383 g/mol. The lowest BCUT2D eigenvalue weighted by Crippen LogP contribution is -2.44. The van der Waals surface area contributed by atoms with Gasteiger partial charge in [-0.15, -0.1) is 0 Å². The lowest BCUT2D eigenvalue weighted by molar-refractivity contribution is -0.125. The number of hydrogen-bond donors (Lipinski definition) is 1. The Morgan fingerprint density at radius 1 is 1.21 bits per heavy atom. The van der Waals surface area contributed by atoms with E-state index < -0.39 is 5.91 Å². The molecule has 8 nitrogen and oxygen atoms in total. The lowest BCUT2D eigenvalue weighted by atomic mass is 10.1. The smallest absolute Gasteiger partial charge is 0.265 e. The number of nitrogens with zero attached hydrogens (tertiary/aromatic N) is 2. The van der Waals surface area contributed by atoms with Crippen LogP contribution < -0.4 is 24.5 Å². The third-order valence-electron chi connectivity index (χ3n) is 4.26. The van der Waals surface area contributed by atoms with Crippen LogP contribution in [-0.2, 0) is 9.59 Å². The van der Waals surface area contributed by atoms with Crippen molar-refractivity contribution in [2.24, 2.45) is 5.10 Å². The number of ether oxygens (including phenoxy) is 3. The zero-order chi connectivity index (χ0) is 20.1. The second-order valence-corrected chi connectivity index (χ2v) is 6.03. The highest BCUT2D eigenvalue weighted by atomic mass is 16.5. The molecule has 2 aromatic carbocycles. The Balaban J connectivity index is 1.71. The molecule has 2 amide bonds. The molecular weight excluding hydrogens is 362 g/mol. The second kappa shape index (κ2) is 8.43. The Labute approximate surface area is 162 Å². The molecule has 0 unspecified atom stereocenters. The molecule has 8 heteroatoms. The van der Waals surface area contributed by atoms with Crippen LogP contribution in [0.15, 0.2) is 47.6 Å². The predicted octanol–water partition coefficient (Wildman–Crippen LogP) is 1.97. The standard InChI is InChI=1S/C20H21N3O5/c1-13(15-9-8-14(26-2)10-18(15)27-3)21-22-19(24)11-23-16-6-4-5-7-17(16)28-12-20(23)25/h4-10H,11-12H2,1-3H3,(H,22,24)/b21-13-. The van der Waals surface area contributed by atoms with Gasteiger partial charge in [0.1, 0.15) is 23.8 Å². The predicted molar refractivity (Wildman–Crippen MR) is 104 cm³/mol. The number of carbonyl (C=O) groups is 2. The zero-order valence-corrected chi connectivity index (χ0v) is 15.9. The van der Waals surface area contributed by atoms with Crippen molar-refractivity contribution in [2.45, 2.75) is 6.92 Å². The summed E-state index contributed by atoms with van der Waals surface area (Å²) >= 11 is 0. The molecule has 0 aromatic heterocycles. The van der Waals surface area contributed by atoms with Gasteiger partial charge in [-0.1, -0.05) is 12.1 Å². The number of hydrazone groups is 1. The number of nitrogens with one attached hydrogen (secondary N) is 1. The molecule has 0 radical (unpaired) electrons. The summed E-state index contributed by atoms with van der Waals surface area (Å²) in [5, 5.41) is 4.13. The van der Waals surface area contributed by atoms with Gasteiger partial charge in [0.15, 0.2) is 6.61 Å². The maximum atomic E-state index is 12.4. The van der Waals surface area contributed by atoms with Gasteiger partial charge in [0, 0.05) is 11.6 Å². The molecule has 0 spiro atoms. The minimum absolute atomic E-state index is 0.102. The third-order valence-corrected chi connectivity index (χ3v) is 4.26. The molecule has 1 aliphatic heterocycles. The first-order chi connectivity index (χ1) is 13.5. The molecule has 0 saturated heterocycles. The molecule has 1 N–H and O–H groups in total. The molecule has 2 aromatic rings. The highest BCUT2D eigenvalue weighted by Crippen LogP contribution is 2.31. The van der Waals surface area contributed by atoms with Crippen molar-refractivity contribution in [3.8, 4) is 17.2 Å². The summed E-state index contributed by atoms with van der Waals surface area (Å²) in [6.45, 7) is 1.49. The van der Waals surface area contributed by atoms with Gasteiger partial charge in [-0.05, 0) is 31.2 Å². The van der Waals surface area contributed by atoms with E-state index in [1.807, 2.05) is 6.07 Å². The van der Waals surface area contributed by atoms with E-state index in [9.17, 15) is 9.59 Å². The van der Waals surface area contributed by atoms with Crippen LogP contribution in [-0.4, -0.2) is 44.9 Å². The first-order valence-electron chi connectivity index (χ1n) is 8.61. The van der Waals surface area contributed by atoms with Crippen LogP contribution in [0.3, 0.4) is 0 Å². The van der Waals surface area contributed by atoms with E-state index in [1.165, 1.54) is 4.90 Å². The maximum Gasteiger partial charge on any atom is 0.265 e. The number of benzene rings is 2. The Morgan fingerprint density at radius 2 is 2.00 bits per heavy atom. The van der Waals surface area contributed by atoms with Gasteiger partial charge >= 0.3 is 0 Å². The summed E-state index contributed by atoms with van der Waals surface area (Å²) in [6, 6.07) is 12.4. The fraction of sp³-hybridized carbons (Fsp3) is 0.250. The molecule has 0 aliphatic carbocycles. The first-order valence-corrected chi connectivity index (χ1v) is 8.61. The number of rotatable bonds is 6. The highest BCUT2D eigenvalue weighted by molar-refractivity contribution is 6.04. The van der Waals surface area contributed by atoms with Gasteiger partial charge in [-0.3, -0.25) is 14.5 Å². The van der Waals surface area contributed by atoms with Crippen molar-refractivity contribution in [1.82, 2.24) is 5.43 Å². The topological polar surface area (TPSA) is 89.5 Å². The molecule has 0 atom stereocenters. The molecule has 0 saturated carbocycles. The molecule has 1 aliphatic rings. The quantitative estimate of drug-likeness (QED) is 0.609. The van der Waals surface area contributed by atoms with Crippen LogP contribution in [0.5, 0.6) is 17.2 Å². The molecule has 146 valence electrons. The largest absolute Gasteiger partial charge is 0.497 e. The van der Waals surface area contributed by atoms with E-state index >= 15 is 0 Å². The van der Waals surface area contributed by atoms with Gasteiger partial charge < -0.3 is 14.2 Å². The molecule has 3 rings (SSSR count). The number of anilines is 1. The Kier molecular flexibility index (Phi) is 5.78. The molecule has 1 heterocycles. The van der Waals surface area contributed by atoms with E-state index in [2.05, 4.69) is 10.5 Å². The maximum absolute atomic E-state index is 12.4. The molecule has 28 heavy (non-hydrogen) atoms. The second-order valence-electron chi connectivity index (χ2n) is 6.03. The fourth-order valence-corrected chi connectivity index (χ4v) is 2.81. The lowest BCUT2D eigenvalue weighted by Gasteiger charge is -2.28. The minimum atomic E-state index is -0.420. The van der Waals surface area contributed by atoms with Crippen molar-refractivity contribution >= 4 is 23.2 Å².